The van der Waals surface area contributed by atoms with Crippen molar-refractivity contribution in [3.05, 3.63) is 42.6 Å². The fourth-order valence-electron chi connectivity index (χ4n) is 2.58. The van der Waals surface area contributed by atoms with E-state index >= 15 is 0 Å². The van der Waals surface area contributed by atoms with E-state index in [1.54, 1.807) is 6.20 Å². The van der Waals surface area contributed by atoms with E-state index in [9.17, 15) is 0 Å². The molecule has 2 aromatic rings. The van der Waals surface area contributed by atoms with Crippen LogP contribution >= 0.6 is 0 Å². The second kappa shape index (κ2) is 5.22. The zero-order valence-electron chi connectivity index (χ0n) is 11.0. The molecule has 1 saturated heterocycles. The zero-order valence-corrected chi connectivity index (χ0v) is 11.0. The quantitative estimate of drug-likeness (QED) is 0.911. The summed E-state index contributed by atoms with van der Waals surface area (Å²) in [6, 6.07) is 4.41. The van der Waals surface area contributed by atoms with Gasteiger partial charge in [0, 0.05) is 31.7 Å². The highest BCUT2D eigenvalue weighted by Gasteiger charge is 2.27. The van der Waals surface area contributed by atoms with Gasteiger partial charge in [0.25, 0.3) is 0 Å². The van der Waals surface area contributed by atoms with Gasteiger partial charge >= 0.3 is 0 Å². The van der Waals surface area contributed by atoms with Crippen LogP contribution in [-0.4, -0.2) is 28.5 Å². The van der Waals surface area contributed by atoms with E-state index in [2.05, 4.69) is 25.2 Å². The van der Waals surface area contributed by atoms with Crippen LogP contribution in [0.2, 0.25) is 0 Å². The molecule has 1 N–H and O–H groups in total. The van der Waals surface area contributed by atoms with Crippen LogP contribution in [0.5, 0.6) is 0 Å². The van der Waals surface area contributed by atoms with Crippen LogP contribution in [0.15, 0.2) is 36.9 Å². The standard InChI is InChI=1S/C14H17N5/c1-15-14-10-17-9-12(18-14)13-3-2-8-19(13)11-4-6-16-7-5-11/h4-7,9-10,13H,2-3,8H2,1H3,(H,15,18)/t13-/m1/s1. The van der Waals surface area contributed by atoms with Crippen molar-refractivity contribution in [2.24, 2.45) is 0 Å². The summed E-state index contributed by atoms with van der Waals surface area (Å²) in [5.74, 6) is 0.819. The Kier molecular flexibility index (Phi) is 3.27. The average molecular weight is 255 g/mol. The first-order valence-electron chi connectivity index (χ1n) is 6.55. The van der Waals surface area contributed by atoms with Crippen molar-refractivity contribution in [2.45, 2.75) is 18.9 Å². The molecule has 0 bridgehead atoms. The monoisotopic (exact) mass is 255 g/mol. The van der Waals surface area contributed by atoms with Gasteiger partial charge in [-0.3, -0.25) is 9.97 Å². The summed E-state index contributed by atoms with van der Waals surface area (Å²) in [5.41, 5.74) is 2.23. The molecule has 98 valence electrons. The molecule has 0 spiro atoms. The Morgan fingerprint density at radius 1 is 1.21 bits per heavy atom. The second-order valence-corrected chi connectivity index (χ2v) is 4.64. The molecule has 3 rings (SSSR count). The van der Waals surface area contributed by atoms with E-state index in [1.807, 2.05) is 37.8 Å². The highest BCUT2D eigenvalue weighted by atomic mass is 15.2. The predicted molar refractivity (Wildman–Crippen MR) is 75.1 cm³/mol. The van der Waals surface area contributed by atoms with Gasteiger partial charge in [-0.25, -0.2) is 4.98 Å². The minimum absolute atomic E-state index is 0.309. The number of hydrogen-bond donors (Lipinski definition) is 1. The Morgan fingerprint density at radius 2 is 2.05 bits per heavy atom. The molecule has 19 heavy (non-hydrogen) atoms. The van der Waals surface area contributed by atoms with E-state index < -0.39 is 0 Å². The number of nitrogens with one attached hydrogen (secondary N) is 1. The van der Waals surface area contributed by atoms with Crippen molar-refractivity contribution in [3.63, 3.8) is 0 Å². The topological polar surface area (TPSA) is 53.9 Å². The lowest BCUT2D eigenvalue weighted by atomic mass is 10.1. The molecule has 1 aliphatic heterocycles. The van der Waals surface area contributed by atoms with Crippen LogP contribution in [-0.2, 0) is 0 Å². The molecule has 0 saturated carbocycles. The molecule has 5 nitrogen and oxygen atoms in total. The lowest BCUT2D eigenvalue weighted by Gasteiger charge is -2.26. The molecule has 0 aromatic carbocycles. The number of rotatable bonds is 3. The van der Waals surface area contributed by atoms with Gasteiger partial charge in [0.1, 0.15) is 5.82 Å². The van der Waals surface area contributed by atoms with Gasteiger partial charge in [-0.2, -0.15) is 0 Å². The molecule has 1 aliphatic rings. The van der Waals surface area contributed by atoms with Gasteiger partial charge in [0.15, 0.2) is 0 Å². The maximum Gasteiger partial charge on any atom is 0.144 e. The van der Waals surface area contributed by atoms with Gasteiger partial charge in [-0.15, -0.1) is 0 Å². The van der Waals surface area contributed by atoms with Crippen LogP contribution in [0.4, 0.5) is 11.5 Å². The molecule has 2 aromatic heterocycles. The third-order valence-corrected chi connectivity index (χ3v) is 3.50. The molecular formula is C14H17N5. The maximum atomic E-state index is 4.62. The number of aromatic nitrogens is 3. The first-order valence-corrected chi connectivity index (χ1v) is 6.55. The lowest BCUT2D eigenvalue weighted by molar-refractivity contribution is 0.690. The lowest BCUT2D eigenvalue weighted by Crippen LogP contribution is -2.23. The fourth-order valence-corrected chi connectivity index (χ4v) is 2.58. The Morgan fingerprint density at radius 3 is 2.84 bits per heavy atom. The molecule has 0 radical (unpaired) electrons. The summed E-state index contributed by atoms with van der Waals surface area (Å²) in [7, 11) is 1.86. The molecule has 5 heteroatoms. The Bertz CT molecular complexity index is 543. The van der Waals surface area contributed by atoms with Gasteiger partial charge in [-0.1, -0.05) is 0 Å². The minimum Gasteiger partial charge on any atom is -0.372 e. The van der Waals surface area contributed by atoms with E-state index in [1.165, 1.54) is 12.1 Å². The highest BCUT2D eigenvalue weighted by molar-refractivity contribution is 5.48. The van der Waals surface area contributed by atoms with E-state index in [-0.39, 0.29) is 0 Å². The molecule has 1 atom stereocenters. The van der Waals surface area contributed by atoms with Crippen molar-refractivity contribution in [1.29, 1.82) is 0 Å². The first-order chi connectivity index (χ1) is 9.38. The summed E-state index contributed by atoms with van der Waals surface area (Å²) < 4.78 is 0. The van der Waals surface area contributed by atoms with Crippen LogP contribution in [0.1, 0.15) is 24.6 Å². The van der Waals surface area contributed by atoms with Crippen molar-refractivity contribution in [1.82, 2.24) is 15.0 Å². The largest absolute Gasteiger partial charge is 0.372 e. The Labute approximate surface area is 112 Å². The van der Waals surface area contributed by atoms with Crippen molar-refractivity contribution in [2.75, 3.05) is 23.8 Å². The summed E-state index contributed by atoms with van der Waals surface area (Å²) in [5, 5.41) is 3.04. The maximum absolute atomic E-state index is 4.62. The molecule has 0 amide bonds. The van der Waals surface area contributed by atoms with Gasteiger partial charge in [0.2, 0.25) is 0 Å². The molecule has 0 aliphatic carbocycles. The molecule has 0 unspecified atom stereocenters. The summed E-state index contributed by atoms with van der Waals surface area (Å²) in [6.07, 6.45) is 9.57. The average Bonchev–Trinajstić information content (AvgIpc) is 2.98. The highest BCUT2D eigenvalue weighted by Crippen LogP contribution is 2.34. The van der Waals surface area contributed by atoms with Crippen molar-refractivity contribution >= 4 is 11.5 Å². The number of anilines is 2. The van der Waals surface area contributed by atoms with Crippen LogP contribution in [0.3, 0.4) is 0 Å². The third-order valence-electron chi connectivity index (χ3n) is 3.50. The number of pyridine rings is 1. The van der Waals surface area contributed by atoms with Crippen LogP contribution in [0.25, 0.3) is 0 Å². The molecule has 3 heterocycles. The van der Waals surface area contributed by atoms with Crippen molar-refractivity contribution in [3.8, 4) is 0 Å². The Hall–Kier alpha value is -2.17. The predicted octanol–water partition coefficient (Wildman–Crippen LogP) is 2.25. The van der Waals surface area contributed by atoms with Crippen LogP contribution in [0, 0.1) is 0 Å². The fraction of sp³-hybridized carbons (Fsp3) is 0.357. The van der Waals surface area contributed by atoms with Gasteiger partial charge in [0.05, 0.1) is 24.1 Å². The van der Waals surface area contributed by atoms with Gasteiger partial charge in [-0.05, 0) is 25.0 Å². The van der Waals surface area contributed by atoms with Gasteiger partial charge < -0.3 is 10.2 Å². The zero-order chi connectivity index (χ0) is 13.1. The Balaban J connectivity index is 1.90. The smallest absolute Gasteiger partial charge is 0.144 e. The summed E-state index contributed by atoms with van der Waals surface area (Å²) >= 11 is 0. The normalized spacial score (nSPS) is 18.6. The number of hydrogen-bond acceptors (Lipinski definition) is 5. The van der Waals surface area contributed by atoms with E-state index in [0.717, 1.165) is 24.5 Å². The van der Waals surface area contributed by atoms with Crippen molar-refractivity contribution < 1.29 is 0 Å². The minimum atomic E-state index is 0.309. The summed E-state index contributed by atoms with van der Waals surface area (Å²) in [4.78, 5) is 15.3. The van der Waals surface area contributed by atoms with Crippen LogP contribution < -0.4 is 10.2 Å². The first kappa shape index (κ1) is 11.9. The third kappa shape index (κ3) is 2.36. The van der Waals surface area contributed by atoms with E-state index in [0.29, 0.717) is 6.04 Å². The second-order valence-electron chi connectivity index (χ2n) is 4.64. The summed E-state index contributed by atoms with van der Waals surface area (Å²) in [6.45, 7) is 1.06. The molecule has 1 fully saturated rings. The number of nitrogens with zero attached hydrogens (tertiary/aromatic N) is 4. The SMILES string of the molecule is CNc1cncc([C@H]2CCCN2c2ccncc2)n1. The molecular weight excluding hydrogens is 238 g/mol. The van der Waals surface area contributed by atoms with E-state index in [4.69, 9.17) is 0 Å².